The van der Waals surface area contributed by atoms with Crippen molar-refractivity contribution >= 4 is 28.4 Å². The summed E-state index contributed by atoms with van der Waals surface area (Å²) in [4.78, 5) is 7.13. The molecule has 1 fully saturated rings. The molecule has 1 saturated heterocycles. The molecule has 0 radical (unpaired) electrons. The van der Waals surface area contributed by atoms with Gasteiger partial charge in [-0.15, -0.1) is 22.7 Å². The molecule has 1 unspecified atom stereocenters. The first kappa shape index (κ1) is 16.6. The maximum absolute atomic E-state index is 5.87. The first-order chi connectivity index (χ1) is 12.3. The minimum absolute atomic E-state index is 0.268. The molecule has 6 heteroatoms. The minimum atomic E-state index is 0.268. The SMILES string of the molecule is COc1ccccc1N=c1scc(-c2cccs2)n1CC1CCCO1. The lowest BCUT2D eigenvalue weighted by Gasteiger charge is -2.13. The van der Waals surface area contributed by atoms with Gasteiger partial charge in [0.15, 0.2) is 4.80 Å². The van der Waals surface area contributed by atoms with Crippen molar-refractivity contribution in [1.82, 2.24) is 4.57 Å². The summed E-state index contributed by atoms with van der Waals surface area (Å²) >= 11 is 3.42. The second kappa shape index (κ2) is 7.56. The van der Waals surface area contributed by atoms with Crippen LogP contribution >= 0.6 is 22.7 Å². The molecule has 3 aromatic rings. The van der Waals surface area contributed by atoms with Crippen LogP contribution in [0.1, 0.15) is 12.8 Å². The monoisotopic (exact) mass is 372 g/mol. The van der Waals surface area contributed by atoms with Crippen LogP contribution < -0.4 is 9.54 Å². The average Bonchev–Trinajstić information content (AvgIpc) is 3.39. The van der Waals surface area contributed by atoms with Gasteiger partial charge in [-0.1, -0.05) is 18.2 Å². The van der Waals surface area contributed by atoms with Gasteiger partial charge < -0.3 is 14.0 Å². The number of para-hydroxylation sites is 2. The van der Waals surface area contributed by atoms with Gasteiger partial charge in [-0.2, -0.15) is 0 Å². The van der Waals surface area contributed by atoms with E-state index in [0.29, 0.717) is 0 Å². The third-order valence-electron chi connectivity index (χ3n) is 4.28. The van der Waals surface area contributed by atoms with E-state index in [1.165, 1.54) is 10.6 Å². The Morgan fingerprint density at radius 1 is 1.24 bits per heavy atom. The molecule has 0 amide bonds. The summed E-state index contributed by atoms with van der Waals surface area (Å²) in [6.45, 7) is 1.70. The van der Waals surface area contributed by atoms with Crippen molar-refractivity contribution < 1.29 is 9.47 Å². The van der Waals surface area contributed by atoms with Crippen LogP contribution in [-0.4, -0.2) is 24.4 Å². The van der Waals surface area contributed by atoms with E-state index < -0.39 is 0 Å². The van der Waals surface area contributed by atoms with Gasteiger partial charge in [0.25, 0.3) is 0 Å². The molecule has 1 aromatic carbocycles. The van der Waals surface area contributed by atoms with E-state index >= 15 is 0 Å². The summed E-state index contributed by atoms with van der Waals surface area (Å²) < 4.78 is 13.6. The highest BCUT2D eigenvalue weighted by Gasteiger charge is 2.19. The molecule has 2 aromatic heterocycles. The van der Waals surface area contributed by atoms with Crippen molar-refractivity contribution in [3.05, 3.63) is 52.0 Å². The highest BCUT2D eigenvalue weighted by Crippen LogP contribution is 2.29. The second-order valence-electron chi connectivity index (χ2n) is 5.91. The number of hydrogen-bond acceptors (Lipinski definition) is 5. The number of thiazole rings is 1. The zero-order chi connectivity index (χ0) is 17.1. The van der Waals surface area contributed by atoms with Gasteiger partial charge in [0.1, 0.15) is 11.4 Å². The number of rotatable bonds is 5. The first-order valence-electron chi connectivity index (χ1n) is 8.36. The van der Waals surface area contributed by atoms with Crippen molar-refractivity contribution in [2.24, 2.45) is 4.99 Å². The van der Waals surface area contributed by atoms with E-state index in [1.54, 1.807) is 29.8 Å². The number of thiophene rings is 1. The Labute approximate surface area is 155 Å². The average molecular weight is 373 g/mol. The first-order valence-corrected chi connectivity index (χ1v) is 10.1. The molecule has 0 bridgehead atoms. The smallest absolute Gasteiger partial charge is 0.190 e. The normalized spacial score (nSPS) is 18.0. The molecule has 1 atom stereocenters. The molecule has 0 aliphatic carbocycles. The summed E-state index contributed by atoms with van der Waals surface area (Å²) in [5.74, 6) is 0.789. The predicted octanol–water partition coefficient (Wildman–Crippen LogP) is 4.70. The van der Waals surface area contributed by atoms with E-state index in [0.717, 1.165) is 42.2 Å². The van der Waals surface area contributed by atoms with Crippen molar-refractivity contribution in [2.45, 2.75) is 25.5 Å². The van der Waals surface area contributed by atoms with Crippen LogP contribution in [0.4, 0.5) is 5.69 Å². The molecule has 130 valence electrons. The lowest BCUT2D eigenvalue weighted by atomic mass is 10.2. The molecule has 4 rings (SSSR count). The fourth-order valence-electron chi connectivity index (χ4n) is 3.03. The number of aromatic nitrogens is 1. The van der Waals surface area contributed by atoms with Gasteiger partial charge in [-0.25, -0.2) is 4.99 Å². The summed E-state index contributed by atoms with van der Waals surface area (Å²) in [6, 6.07) is 12.1. The summed E-state index contributed by atoms with van der Waals surface area (Å²) in [5, 5.41) is 4.30. The van der Waals surface area contributed by atoms with E-state index in [1.807, 2.05) is 24.3 Å². The van der Waals surface area contributed by atoms with Crippen molar-refractivity contribution in [2.75, 3.05) is 13.7 Å². The fourth-order valence-corrected chi connectivity index (χ4v) is 4.78. The molecule has 3 heterocycles. The Balaban J connectivity index is 1.80. The van der Waals surface area contributed by atoms with Gasteiger partial charge in [-0.3, -0.25) is 0 Å². The Bertz CT molecular complexity index is 890. The summed E-state index contributed by atoms with van der Waals surface area (Å²) in [7, 11) is 1.68. The van der Waals surface area contributed by atoms with Crippen molar-refractivity contribution in [1.29, 1.82) is 0 Å². The van der Waals surface area contributed by atoms with Crippen LogP contribution in [-0.2, 0) is 11.3 Å². The van der Waals surface area contributed by atoms with Gasteiger partial charge in [-0.05, 0) is 36.4 Å². The zero-order valence-electron chi connectivity index (χ0n) is 14.1. The highest BCUT2D eigenvalue weighted by molar-refractivity contribution is 7.14. The Kier molecular flexibility index (Phi) is 5.01. The lowest BCUT2D eigenvalue weighted by Crippen LogP contribution is -2.23. The zero-order valence-corrected chi connectivity index (χ0v) is 15.7. The molecule has 0 spiro atoms. The number of benzene rings is 1. The molecule has 1 aliphatic rings. The highest BCUT2D eigenvalue weighted by atomic mass is 32.1. The minimum Gasteiger partial charge on any atom is -0.494 e. The van der Waals surface area contributed by atoms with Gasteiger partial charge in [0.05, 0.1) is 30.3 Å². The maximum atomic E-state index is 5.87. The van der Waals surface area contributed by atoms with E-state index in [4.69, 9.17) is 14.5 Å². The Morgan fingerprint density at radius 2 is 2.16 bits per heavy atom. The summed E-state index contributed by atoms with van der Waals surface area (Å²) in [6.07, 6.45) is 2.52. The van der Waals surface area contributed by atoms with Crippen molar-refractivity contribution in [3.8, 4) is 16.3 Å². The summed E-state index contributed by atoms with van der Waals surface area (Å²) in [5.41, 5.74) is 2.06. The van der Waals surface area contributed by atoms with Crippen LogP contribution in [0, 0.1) is 0 Å². The van der Waals surface area contributed by atoms with Gasteiger partial charge >= 0.3 is 0 Å². The second-order valence-corrected chi connectivity index (χ2v) is 7.69. The number of nitrogens with zero attached hydrogens (tertiary/aromatic N) is 2. The predicted molar refractivity (Wildman–Crippen MR) is 103 cm³/mol. The number of hydrogen-bond donors (Lipinski definition) is 0. The largest absolute Gasteiger partial charge is 0.494 e. The Hall–Kier alpha value is -1.89. The van der Waals surface area contributed by atoms with E-state index in [-0.39, 0.29) is 6.10 Å². The van der Waals surface area contributed by atoms with Crippen LogP contribution in [0.15, 0.2) is 52.2 Å². The molecule has 25 heavy (non-hydrogen) atoms. The van der Waals surface area contributed by atoms with Gasteiger partial charge in [0.2, 0.25) is 0 Å². The van der Waals surface area contributed by atoms with Gasteiger partial charge in [0, 0.05) is 12.0 Å². The maximum Gasteiger partial charge on any atom is 0.190 e. The third-order valence-corrected chi connectivity index (χ3v) is 6.04. The van der Waals surface area contributed by atoms with E-state index in [2.05, 4.69) is 27.5 Å². The molecular weight excluding hydrogens is 352 g/mol. The standard InChI is InChI=1S/C19H20N2O2S2/c1-22-17-8-3-2-7-15(17)20-19-21(12-14-6-4-10-23-14)16(13-25-19)18-9-5-11-24-18/h2-3,5,7-9,11,13-14H,4,6,10,12H2,1H3. The molecule has 0 N–H and O–H groups in total. The topological polar surface area (TPSA) is 35.8 Å². The van der Waals surface area contributed by atoms with Crippen LogP contribution in [0.2, 0.25) is 0 Å². The van der Waals surface area contributed by atoms with Crippen LogP contribution in [0.3, 0.4) is 0 Å². The van der Waals surface area contributed by atoms with Crippen molar-refractivity contribution in [3.63, 3.8) is 0 Å². The van der Waals surface area contributed by atoms with Crippen LogP contribution in [0.25, 0.3) is 10.6 Å². The fraction of sp³-hybridized carbons (Fsp3) is 0.316. The molecule has 0 saturated carbocycles. The lowest BCUT2D eigenvalue weighted by molar-refractivity contribution is 0.0968. The van der Waals surface area contributed by atoms with E-state index in [9.17, 15) is 0 Å². The molecule has 4 nitrogen and oxygen atoms in total. The Morgan fingerprint density at radius 3 is 2.92 bits per heavy atom. The molecule has 1 aliphatic heterocycles. The number of methoxy groups -OCH3 is 1. The molecular formula is C19H20N2O2S2. The number of ether oxygens (including phenoxy) is 2. The van der Waals surface area contributed by atoms with Crippen LogP contribution in [0.5, 0.6) is 5.75 Å². The third kappa shape index (κ3) is 3.56. The quantitative estimate of drug-likeness (QED) is 0.651.